The van der Waals surface area contributed by atoms with Gasteiger partial charge in [0.1, 0.15) is 0 Å². The van der Waals surface area contributed by atoms with Crippen LogP contribution in [0.5, 0.6) is 17.2 Å². The Labute approximate surface area is 109 Å². The molecule has 0 atom stereocenters. The first-order valence-electron chi connectivity index (χ1n) is 6.56. The molecule has 3 heteroatoms. The molecular weight excluding hydrogens is 228 g/mol. The van der Waals surface area contributed by atoms with Gasteiger partial charge >= 0.3 is 0 Å². The first-order chi connectivity index (χ1) is 8.38. The van der Waals surface area contributed by atoms with Crippen LogP contribution in [0.3, 0.4) is 0 Å². The van der Waals surface area contributed by atoms with Crippen LogP contribution in [0, 0.1) is 0 Å². The molecule has 0 aliphatic rings. The van der Waals surface area contributed by atoms with Crippen LogP contribution in [-0.4, -0.2) is 16.8 Å². The molecule has 3 nitrogen and oxygen atoms in total. The first kappa shape index (κ1) is 14.7. The van der Waals surface area contributed by atoms with Gasteiger partial charge in [-0.1, -0.05) is 46.6 Å². The van der Waals surface area contributed by atoms with Gasteiger partial charge in [0.25, 0.3) is 0 Å². The zero-order valence-corrected chi connectivity index (χ0v) is 11.8. The lowest BCUT2D eigenvalue weighted by Crippen LogP contribution is -2.11. The Morgan fingerprint density at radius 2 is 1.72 bits per heavy atom. The van der Waals surface area contributed by atoms with Gasteiger partial charge in [0.05, 0.1) is 6.61 Å². The third kappa shape index (κ3) is 3.56. The molecule has 0 spiro atoms. The number of phenols is 2. The largest absolute Gasteiger partial charge is 0.504 e. The van der Waals surface area contributed by atoms with E-state index in [1.807, 2.05) is 26.8 Å². The molecule has 0 fully saturated rings. The average molecular weight is 252 g/mol. The molecule has 0 saturated carbocycles. The molecule has 1 rings (SSSR count). The second kappa shape index (κ2) is 5.98. The van der Waals surface area contributed by atoms with Gasteiger partial charge in [-0.05, 0) is 17.9 Å². The van der Waals surface area contributed by atoms with Crippen LogP contribution in [0.4, 0.5) is 0 Å². The van der Waals surface area contributed by atoms with Gasteiger partial charge in [-0.2, -0.15) is 0 Å². The van der Waals surface area contributed by atoms with Gasteiger partial charge in [0, 0.05) is 5.56 Å². The summed E-state index contributed by atoms with van der Waals surface area (Å²) in [5.74, 6) is 0.131. The third-order valence-corrected chi connectivity index (χ3v) is 2.93. The van der Waals surface area contributed by atoms with Gasteiger partial charge in [-0.3, -0.25) is 0 Å². The molecule has 0 unspecified atom stereocenters. The Morgan fingerprint density at radius 3 is 2.28 bits per heavy atom. The zero-order chi connectivity index (χ0) is 13.8. The number of ether oxygens (including phenoxy) is 1. The topological polar surface area (TPSA) is 49.7 Å². The van der Waals surface area contributed by atoms with Crippen LogP contribution in [0.1, 0.15) is 52.5 Å². The summed E-state index contributed by atoms with van der Waals surface area (Å²) in [6.07, 6.45) is 3.19. The van der Waals surface area contributed by atoms with Gasteiger partial charge in [0.15, 0.2) is 11.5 Å². The number of hydrogen-bond donors (Lipinski definition) is 2. The summed E-state index contributed by atoms with van der Waals surface area (Å²) in [7, 11) is 0. The lowest BCUT2D eigenvalue weighted by atomic mass is 9.86. The minimum absolute atomic E-state index is 0.0736. The highest BCUT2D eigenvalue weighted by atomic mass is 16.5. The fraction of sp³-hybridized carbons (Fsp3) is 0.600. The van der Waals surface area contributed by atoms with E-state index in [9.17, 15) is 10.2 Å². The van der Waals surface area contributed by atoms with Crippen molar-refractivity contribution in [2.24, 2.45) is 0 Å². The van der Waals surface area contributed by atoms with Crippen molar-refractivity contribution in [1.82, 2.24) is 0 Å². The van der Waals surface area contributed by atoms with E-state index in [0.29, 0.717) is 12.4 Å². The van der Waals surface area contributed by atoms with E-state index >= 15 is 0 Å². The Hall–Kier alpha value is -1.38. The molecule has 0 aromatic heterocycles. The van der Waals surface area contributed by atoms with E-state index in [0.717, 1.165) is 24.8 Å². The quantitative estimate of drug-likeness (QED) is 0.616. The summed E-state index contributed by atoms with van der Waals surface area (Å²) < 4.78 is 5.48. The van der Waals surface area contributed by atoms with Crippen molar-refractivity contribution in [3.05, 3.63) is 17.7 Å². The highest BCUT2D eigenvalue weighted by Crippen LogP contribution is 2.42. The summed E-state index contributed by atoms with van der Waals surface area (Å²) in [5.41, 5.74) is 0.517. The first-order valence-corrected chi connectivity index (χ1v) is 6.56. The smallest absolute Gasteiger partial charge is 0.200 e. The van der Waals surface area contributed by atoms with Gasteiger partial charge in [0.2, 0.25) is 5.75 Å². The summed E-state index contributed by atoms with van der Waals surface area (Å²) in [4.78, 5) is 0. The van der Waals surface area contributed by atoms with Crippen molar-refractivity contribution in [2.75, 3.05) is 6.61 Å². The van der Waals surface area contributed by atoms with Crippen molar-refractivity contribution in [2.45, 2.75) is 52.4 Å². The number of hydrogen-bond acceptors (Lipinski definition) is 3. The number of unbranched alkanes of at least 4 members (excludes halogenated alkanes) is 2. The molecule has 1 aromatic carbocycles. The Kier molecular flexibility index (Phi) is 4.88. The second-order valence-electron chi connectivity index (χ2n) is 5.61. The fourth-order valence-electron chi connectivity index (χ4n) is 1.82. The fourth-order valence-corrected chi connectivity index (χ4v) is 1.82. The molecule has 0 amide bonds. The molecule has 0 heterocycles. The molecule has 2 N–H and O–H groups in total. The predicted octanol–water partition coefficient (Wildman–Crippen LogP) is 3.96. The van der Waals surface area contributed by atoms with Crippen LogP contribution in [0.2, 0.25) is 0 Å². The normalized spacial score (nSPS) is 11.6. The van der Waals surface area contributed by atoms with E-state index in [1.54, 1.807) is 6.07 Å². The third-order valence-electron chi connectivity index (χ3n) is 2.93. The highest BCUT2D eigenvalue weighted by molar-refractivity contribution is 5.55. The summed E-state index contributed by atoms with van der Waals surface area (Å²) in [5, 5.41) is 19.9. The van der Waals surface area contributed by atoms with Crippen molar-refractivity contribution >= 4 is 0 Å². The number of rotatable bonds is 5. The highest BCUT2D eigenvalue weighted by Gasteiger charge is 2.22. The molecule has 0 saturated heterocycles. The molecule has 0 aliphatic carbocycles. The van der Waals surface area contributed by atoms with E-state index < -0.39 is 0 Å². The maximum Gasteiger partial charge on any atom is 0.200 e. The van der Waals surface area contributed by atoms with Crippen LogP contribution in [0.25, 0.3) is 0 Å². The molecule has 1 aromatic rings. The molecule has 0 radical (unpaired) electrons. The summed E-state index contributed by atoms with van der Waals surface area (Å²) in [6.45, 7) is 8.66. The van der Waals surface area contributed by atoms with Crippen LogP contribution >= 0.6 is 0 Å². The minimum Gasteiger partial charge on any atom is -0.504 e. The van der Waals surface area contributed by atoms with Gasteiger partial charge in [-0.15, -0.1) is 0 Å². The Balaban J connectivity index is 2.81. The zero-order valence-electron chi connectivity index (χ0n) is 11.8. The maximum atomic E-state index is 9.99. The van der Waals surface area contributed by atoms with Crippen molar-refractivity contribution in [3.8, 4) is 17.2 Å². The van der Waals surface area contributed by atoms with Crippen molar-refractivity contribution in [3.63, 3.8) is 0 Å². The van der Waals surface area contributed by atoms with Crippen molar-refractivity contribution < 1.29 is 14.9 Å². The van der Waals surface area contributed by atoms with E-state index in [-0.39, 0.29) is 16.9 Å². The average Bonchev–Trinajstić information content (AvgIpc) is 2.28. The Morgan fingerprint density at radius 1 is 1.06 bits per heavy atom. The van der Waals surface area contributed by atoms with E-state index in [1.165, 1.54) is 0 Å². The van der Waals surface area contributed by atoms with Crippen LogP contribution in [-0.2, 0) is 5.41 Å². The van der Waals surface area contributed by atoms with Crippen LogP contribution < -0.4 is 4.74 Å². The van der Waals surface area contributed by atoms with E-state index in [2.05, 4.69) is 6.92 Å². The number of aromatic hydroxyl groups is 2. The standard InChI is InChI=1S/C15H24O3/c1-5-6-7-10-18-12-9-8-11(15(2,3)4)13(16)14(12)17/h8-9,16-17H,5-7,10H2,1-4H3. The Bertz CT molecular complexity index is 391. The minimum atomic E-state index is -0.206. The number of phenolic OH excluding ortho intramolecular Hbond substituents is 2. The second-order valence-corrected chi connectivity index (χ2v) is 5.61. The van der Waals surface area contributed by atoms with E-state index in [4.69, 9.17) is 4.74 Å². The molecule has 102 valence electrons. The molecular formula is C15H24O3. The molecule has 18 heavy (non-hydrogen) atoms. The summed E-state index contributed by atoms with van der Waals surface area (Å²) in [6, 6.07) is 3.53. The lowest BCUT2D eigenvalue weighted by molar-refractivity contribution is 0.283. The number of benzene rings is 1. The summed E-state index contributed by atoms with van der Waals surface area (Å²) >= 11 is 0. The molecule has 0 bridgehead atoms. The van der Waals surface area contributed by atoms with Crippen LogP contribution in [0.15, 0.2) is 12.1 Å². The monoisotopic (exact) mass is 252 g/mol. The maximum absolute atomic E-state index is 9.99. The lowest BCUT2D eigenvalue weighted by Gasteiger charge is -2.21. The van der Waals surface area contributed by atoms with Crippen molar-refractivity contribution in [1.29, 1.82) is 0 Å². The van der Waals surface area contributed by atoms with Gasteiger partial charge < -0.3 is 14.9 Å². The molecule has 0 aliphatic heterocycles. The SMILES string of the molecule is CCCCCOc1ccc(C(C)(C)C)c(O)c1O. The van der Waals surface area contributed by atoms with Gasteiger partial charge in [-0.25, -0.2) is 0 Å². The predicted molar refractivity (Wildman–Crippen MR) is 73.5 cm³/mol.